The lowest BCUT2D eigenvalue weighted by Crippen LogP contribution is -2.25. The first-order valence-corrected chi connectivity index (χ1v) is 7.14. The number of hydrogen-bond acceptors (Lipinski definition) is 4. The number of benzene rings is 1. The van der Waals surface area contributed by atoms with Gasteiger partial charge in [-0.2, -0.15) is 0 Å². The van der Waals surface area contributed by atoms with E-state index >= 15 is 0 Å². The molecule has 1 saturated heterocycles. The zero-order chi connectivity index (χ0) is 14.5. The van der Waals surface area contributed by atoms with Crippen LogP contribution in [0, 0.1) is 16.0 Å². The number of hydrogen-bond donors (Lipinski definition) is 0. The monoisotopic (exact) mass is 276 g/mol. The van der Waals surface area contributed by atoms with Gasteiger partial charge in [-0.1, -0.05) is 13.3 Å². The first kappa shape index (κ1) is 14.5. The van der Waals surface area contributed by atoms with Gasteiger partial charge in [0.05, 0.1) is 4.92 Å². The van der Waals surface area contributed by atoms with Crippen molar-refractivity contribution in [2.75, 3.05) is 18.0 Å². The van der Waals surface area contributed by atoms with Gasteiger partial charge in [0, 0.05) is 24.7 Å². The average molecular weight is 276 g/mol. The third-order valence-corrected chi connectivity index (χ3v) is 4.10. The van der Waals surface area contributed by atoms with Gasteiger partial charge in [0.2, 0.25) is 0 Å². The lowest BCUT2D eigenvalue weighted by molar-refractivity contribution is -0.384. The lowest BCUT2D eigenvalue weighted by atomic mass is 9.98. The van der Waals surface area contributed by atoms with Crippen LogP contribution in [0.2, 0.25) is 0 Å². The van der Waals surface area contributed by atoms with Gasteiger partial charge in [-0.25, -0.2) is 0 Å². The summed E-state index contributed by atoms with van der Waals surface area (Å²) < 4.78 is 0. The molecule has 0 aliphatic carbocycles. The molecule has 0 N–H and O–H groups in total. The fraction of sp³-hybridized carbons (Fsp3) is 0.533. The average Bonchev–Trinajstić information content (AvgIpc) is 2.71. The molecule has 1 aliphatic rings. The van der Waals surface area contributed by atoms with Crippen LogP contribution in [0.5, 0.6) is 0 Å². The summed E-state index contributed by atoms with van der Waals surface area (Å²) in [6.45, 7) is 3.89. The molecule has 1 aliphatic heterocycles. The molecular formula is C15H20N2O3. The van der Waals surface area contributed by atoms with Crippen molar-refractivity contribution in [3.8, 4) is 0 Å². The van der Waals surface area contributed by atoms with Gasteiger partial charge in [-0.3, -0.25) is 14.9 Å². The summed E-state index contributed by atoms with van der Waals surface area (Å²) in [6.07, 6.45) is 5.13. The first-order chi connectivity index (χ1) is 9.65. The molecule has 5 nitrogen and oxygen atoms in total. The van der Waals surface area contributed by atoms with E-state index in [1.54, 1.807) is 12.1 Å². The number of carbonyl (C=O) groups is 1. The summed E-state index contributed by atoms with van der Waals surface area (Å²) in [5.41, 5.74) is 1.02. The molecule has 2 rings (SSSR count). The van der Waals surface area contributed by atoms with E-state index in [0.717, 1.165) is 25.9 Å². The molecule has 1 fully saturated rings. The minimum Gasteiger partial charge on any atom is -0.366 e. The number of anilines is 1. The van der Waals surface area contributed by atoms with Crippen LogP contribution >= 0.6 is 0 Å². The van der Waals surface area contributed by atoms with Crippen LogP contribution in [0.25, 0.3) is 0 Å². The largest absolute Gasteiger partial charge is 0.366 e. The molecule has 1 atom stereocenters. The van der Waals surface area contributed by atoms with Crippen LogP contribution in [0.15, 0.2) is 18.2 Å². The van der Waals surface area contributed by atoms with Crippen LogP contribution in [-0.2, 0) is 0 Å². The minimum absolute atomic E-state index is 0.0320. The predicted octanol–water partition coefficient (Wildman–Crippen LogP) is 3.42. The fourth-order valence-electron chi connectivity index (χ4n) is 2.84. The quantitative estimate of drug-likeness (QED) is 0.480. The molecule has 20 heavy (non-hydrogen) atoms. The number of carbonyl (C=O) groups excluding carboxylic acids is 1. The maximum atomic E-state index is 11.2. The van der Waals surface area contributed by atoms with Crippen LogP contribution < -0.4 is 4.90 Å². The van der Waals surface area contributed by atoms with E-state index in [9.17, 15) is 14.9 Å². The van der Waals surface area contributed by atoms with Crippen molar-refractivity contribution in [3.05, 3.63) is 33.9 Å². The van der Waals surface area contributed by atoms with Crippen LogP contribution in [0.4, 0.5) is 11.4 Å². The van der Waals surface area contributed by atoms with Crippen molar-refractivity contribution in [1.82, 2.24) is 0 Å². The fourth-order valence-corrected chi connectivity index (χ4v) is 2.84. The van der Waals surface area contributed by atoms with Crippen molar-refractivity contribution in [1.29, 1.82) is 0 Å². The summed E-state index contributed by atoms with van der Waals surface area (Å²) in [5.74, 6) is 0.716. The Labute approximate surface area is 118 Å². The van der Waals surface area contributed by atoms with E-state index in [1.165, 1.54) is 18.9 Å². The Balaban J connectivity index is 2.27. The molecule has 0 radical (unpaired) electrons. The second kappa shape index (κ2) is 6.50. The van der Waals surface area contributed by atoms with Gasteiger partial charge in [-0.15, -0.1) is 0 Å². The Morgan fingerprint density at radius 1 is 1.40 bits per heavy atom. The third kappa shape index (κ3) is 3.15. The highest BCUT2D eigenvalue weighted by atomic mass is 16.6. The van der Waals surface area contributed by atoms with E-state index in [-0.39, 0.29) is 5.69 Å². The summed E-state index contributed by atoms with van der Waals surface area (Å²) in [7, 11) is 0. The molecule has 1 heterocycles. The topological polar surface area (TPSA) is 63.5 Å². The highest BCUT2D eigenvalue weighted by Gasteiger charge is 2.23. The number of aldehydes is 1. The van der Waals surface area contributed by atoms with Gasteiger partial charge in [0.15, 0.2) is 0 Å². The Bertz CT molecular complexity index is 502. The highest BCUT2D eigenvalue weighted by Crippen LogP contribution is 2.32. The first-order valence-electron chi connectivity index (χ1n) is 7.14. The smallest absolute Gasteiger partial charge is 0.293 e. The Hall–Kier alpha value is -1.91. The molecule has 0 saturated carbocycles. The van der Waals surface area contributed by atoms with Crippen molar-refractivity contribution in [3.63, 3.8) is 0 Å². The van der Waals surface area contributed by atoms with Crippen LogP contribution in [0.3, 0.4) is 0 Å². The summed E-state index contributed by atoms with van der Waals surface area (Å²) in [4.78, 5) is 23.7. The molecule has 0 amide bonds. The second-order valence-electron chi connectivity index (χ2n) is 5.32. The second-order valence-corrected chi connectivity index (χ2v) is 5.32. The van der Waals surface area contributed by atoms with Crippen LogP contribution in [0.1, 0.15) is 43.0 Å². The maximum absolute atomic E-state index is 11.2. The third-order valence-electron chi connectivity index (χ3n) is 4.10. The standard InChI is InChI=1S/C15H20N2O3/c1-2-12-4-3-8-16(9-7-12)14-6-5-13(11-18)10-15(14)17(19)20/h5-6,10-12H,2-4,7-9H2,1H3. The van der Waals surface area contributed by atoms with Crippen molar-refractivity contribution in [2.24, 2.45) is 5.92 Å². The van der Waals surface area contributed by atoms with E-state index in [1.807, 2.05) is 0 Å². The molecule has 0 aromatic heterocycles. The highest BCUT2D eigenvalue weighted by molar-refractivity contribution is 5.79. The molecular weight excluding hydrogens is 256 g/mol. The molecule has 108 valence electrons. The van der Waals surface area contributed by atoms with Gasteiger partial charge in [0.1, 0.15) is 12.0 Å². The van der Waals surface area contributed by atoms with E-state index < -0.39 is 4.92 Å². The van der Waals surface area contributed by atoms with Crippen molar-refractivity contribution >= 4 is 17.7 Å². The lowest BCUT2D eigenvalue weighted by Gasteiger charge is -2.22. The summed E-state index contributed by atoms with van der Waals surface area (Å²) >= 11 is 0. The van der Waals surface area contributed by atoms with E-state index in [2.05, 4.69) is 11.8 Å². The van der Waals surface area contributed by atoms with Crippen LogP contribution in [-0.4, -0.2) is 24.3 Å². The molecule has 0 bridgehead atoms. The molecule has 5 heteroatoms. The molecule has 1 aromatic rings. The zero-order valence-corrected chi connectivity index (χ0v) is 11.7. The van der Waals surface area contributed by atoms with Gasteiger partial charge in [-0.05, 0) is 37.3 Å². The van der Waals surface area contributed by atoms with Gasteiger partial charge >= 0.3 is 0 Å². The predicted molar refractivity (Wildman–Crippen MR) is 78.3 cm³/mol. The summed E-state index contributed by atoms with van der Waals surface area (Å²) in [6, 6.07) is 4.72. The number of nitrogens with zero attached hydrogens (tertiary/aromatic N) is 2. The molecule has 1 unspecified atom stereocenters. The van der Waals surface area contributed by atoms with Gasteiger partial charge in [0.25, 0.3) is 5.69 Å². The molecule has 1 aromatic carbocycles. The molecule has 0 spiro atoms. The SMILES string of the molecule is CCC1CCCN(c2ccc(C=O)cc2[N+](=O)[O-])CC1. The number of rotatable bonds is 4. The van der Waals surface area contributed by atoms with Crippen molar-refractivity contribution in [2.45, 2.75) is 32.6 Å². The summed E-state index contributed by atoms with van der Waals surface area (Å²) in [5, 5.41) is 11.2. The minimum atomic E-state index is -0.398. The van der Waals surface area contributed by atoms with Crippen molar-refractivity contribution < 1.29 is 9.72 Å². The Morgan fingerprint density at radius 3 is 2.85 bits per heavy atom. The van der Waals surface area contributed by atoms with E-state index in [0.29, 0.717) is 23.5 Å². The van der Waals surface area contributed by atoms with E-state index in [4.69, 9.17) is 0 Å². The number of nitro groups is 1. The Kier molecular flexibility index (Phi) is 4.71. The Morgan fingerprint density at radius 2 is 2.20 bits per heavy atom. The zero-order valence-electron chi connectivity index (χ0n) is 11.7. The number of nitro benzene ring substituents is 1. The normalized spacial score (nSPS) is 19.4. The maximum Gasteiger partial charge on any atom is 0.293 e. The van der Waals surface area contributed by atoms with Gasteiger partial charge < -0.3 is 4.90 Å².